The molecule has 54 valence electrons. The molecular formula is C7H14O2. The number of aliphatic hydroxyl groups is 1. The third-order valence-electron chi connectivity index (χ3n) is 1.72. The summed E-state index contributed by atoms with van der Waals surface area (Å²) < 4.78 is 5.27. The molecule has 0 aromatic carbocycles. The third kappa shape index (κ3) is 1.66. The molecule has 1 fully saturated rings. The molecule has 0 aromatic heterocycles. The van der Waals surface area contributed by atoms with E-state index in [1.165, 1.54) is 0 Å². The first kappa shape index (κ1) is 7.03. The Morgan fingerprint density at radius 1 is 1.56 bits per heavy atom. The predicted molar refractivity (Wildman–Crippen MR) is 35.3 cm³/mol. The van der Waals surface area contributed by atoms with E-state index in [-0.39, 0.29) is 6.10 Å². The van der Waals surface area contributed by atoms with Gasteiger partial charge in [-0.2, -0.15) is 0 Å². The van der Waals surface area contributed by atoms with Gasteiger partial charge in [0.15, 0.2) is 0 Å². The van der Waals surface area contributed by atoms with E-state index in [2.05, 4.69) is 0 Å². The zero-order valence-corrected chi connectivity index (χ0v) is 6.05. The Kier molecular flexibility index (Phi) is 1.78. The van der Waals surface area contributed by atoms with Crippen LogP contribution in [0.15, 0.2) is 0 Å². The molecule has 0 aliphatic carbocycles. The Morgan fingerprint density at radius 2 is 2.22 bits per heavy atom. The first-order valence-electron chi connectivity index (χ1n) is 3.44. The normalized spacial score (nSPS) is 29.0. The van der Waals surface area contributed by atoms with E-state index in [1.807, 2.05) is 0 Å². The molecule has 0 spiro atoms. The summed E-state index contributed by atoms with van der Waals surface area (Å²) in [6, 6.07) is 0. The summed E-state index contributed by atoms with van der Waals surface area (Å²) >= 11 is 0. The molecule has 1 saturated heterocycles. The zero-order valence-electron chi connectivity index (χ0n) is 6.05. The van der Waals surface area contributed by atoms with Crippen molar-refractivity contribution in [1.82, 2.24) is 0 Å². The topological polar surface area (TPSA) is 29.5 Å². The van der Waals surface area contributed by atoms with Gasteiger partial charge in [-0.3, -0.25) is 0 Å². The number of ether oxygens (including phenoxy) is 1. The molecule has 0 aromatic rings. The van der Waals surface area contributed by atoms with Crippen molar-refractivity contribution in [3.05, 3.63) is 0 Å². The van der Waals surface area contributed by atoms with Gasteiger partial charge >= 0.3 is 0 Å². The average molecular weight is 130 g/mol. The van der Waals surface area contributed by atoms with Crippen molar-refractivity contribution >= 4 is 0 Å². The quantitative estimate of drug-likeness (QED) is 0.572. The monoisotopic (exact) mass is 130 g/mol. The van der Waals surface area contributed by atoms with Crippen LogP contribution in [0.5, 0.6) is 0 Å². The van der Waals surface area contributed by atoms with Crippen LogP contribution in [-0.4, -0.2) is 23.4 Å². The fraction of sp³-hybridized carbons (Fsp3) is 1.00. The van der Waals surface area contributed by atoms with Crippen LogP contribution in [0.3, 0.4) is 0 Å². The molecule has 1 aliphatic heterocycles. The van der Waals surface area contributed by atoms with Gasteiger partial charge in [-0.15, -0.1) is 0 Å². The minimum atomic E-state index is -0.642. The molecule has 0 saturated carbocycles. The molecule has 0 amide bonds. The van der Waals surface area contributed by atoms with Crippen molar-refractivity contribution in [2.45, 2.75) is 38.4 Å². The summed E-state index contributed by atoms with van der Waals surface area (Å²) in [5, 5.41) is 9.39. The predicted octanol–water partition coefficient (Wildman–Crippen LogP) is 0.936. The Hall–Kier alpha value is -0.0800. The maximum absolute atomic E-state index is 9.39. The maximum atomic E-state index is 9.39. The highest BCUT2D eigenvalue weighted by Gasteiger charge is 2.30. The van der Waals surface area contributed by atoms with E-state index in [0.29, 0.717) is 0 Å². The smallest absolute Gasteiger partial charge is 0.0857 e. The summed E-state index contributed by atoms with van der Waals surface area (Å²) in [6.07, 6.45) is 2.16. The molecule has 2 heteroatoms. The van der Waals surface area contributed by atoms with E-state index >= 15 is 0 Å². The first-order chi connectivity index (χ1) is 4.11. The van der Waals surface area contributed by atoms with Gasteiger partial charge in [-0.1, -0.05) is 0 Å². The van der Waals surface area contributed by atoms with Crippen LogP contribution < -0.4 is 0 Å². The van der Waals surface area contributed by atoms with Crippen molar-refractivity contribution in [2.75, 3.05) is 6.61 Å². The second-order valence-corrected chi connectivity index (χ2v) is 3.16. The lowest BCUT2D eigenvalue weighted by Gasteiger charge is -2.23. The van der Waals surface area contributed by atoms with Crippen LogP contribution in [-0.2, 0) is 4.74 Å². The van der Waals surface area contributed by atoms with Crippen LogP contribution >= 0.6 is 0 Å². The van der Waals surface area contributed by atoms with E-state index in [1.54, 1.807) is 13.8 Å². The van der Waals surface area contributed by atoms with Crippen molar-refractivity contribution in [3.63, 3.8) is 0 Å². The van der Waals surface area contributed by atoms with Crippen LogP contribution in [0.4, 0.5) is 0 Å². The molecule has 9 heavy (non-hydrogen) atoms. The second-order valence-electron chi connectivity index (χ2n) is 3.16. The fourth-order valence-electron chi connectivity index (χ4n) is 1.13. The molecule has 1 heterocycles. The standard InChI is InChI=1S/C7H14O2/c1-7(2,8)6-4-3-5-9-6/h6,8H,3-5H2,1-2H3. The Morgan fingerprint density at radius 3 is 2.44 bits per heavy atom. The number of hydrogen-bond acceptors (Lipinski definition) is 2. The molecule has 0 radical (unpaired) electrons. The minimum Gasteiger partial charge on any atom is -0.388 e. The van der Waals surface area contributed by atoms with Gasteiger partial charge in [-0.05, 0) is 26.7 Å². The van der Waals surface area contributed by atoms with Crippen molar-refractivity contribution in [2.24, 2.45) is 0 Å². The molecule has 1 aliphatic rings. The summed E-state index contributed by atoms with van der Waals surface area (Å²) in [5.41, 5.74) is -0.642. The molecule has 1 unspecified atom stereocenters. The van der Waals surface area contributed by atoms with Gasteiger partial charge in [0.25, 0.3) is 0 Å². The van der Waals surface area contributed by atoms with E-state index in [9.17, 15) is 5.11 Å². The van der Waals surface area contributed by atoms with Gasteiger partial charge in [0, 0.05) is 6.61 Å². The summed E-state index contributed by atoms with van der Waals surface area (Å²) in [6.45, 7) is 4.40. The Labute approximate surface area is 55.8 Å². The minimum absolute atomic E-state index is 0.0671. The van der Waals surface area contributed by atoms with Crippen molar-refractivity contribution < 1.29 is 9.84 Å². The van der Waals surface area contributed by atoms with Crippen LogP contribution in [0.1, 0.15) is 26.7 Å². The average Bonchev–Trinajstić information content (AvgIpc) is 2.08. The van der Waals surface area contributed by atoms with Crippen molar-refractivity contribution in [3.8, 4) is 0 Å². The fourth-order valence-corrected chi connectivity index (χ4v) is 1.13. The zero-order chi connectivity index (χ0) is 6.91. The molecule has 1 rings (SSSR count). The van der Waals surface area contributed by atoms with E-state index < -0.39 is 5.60 Å². The third-order valence-corrected chi connectivity index (χ3v) is 1.72. The maximum Gasteiger partial charge on any atom is 0.0857 e. The highest BCUT2D eigenvalue weighted by Crippen LogP contribution is 2.22. The highest BCUT2D eigenvalue weighted by atomic mass is 16.5. The summed E-state index contributed by atoms with van der Waals surface area (Å²) in [4.78, 5) is 0. The molecule has 0 bridgehead atoms. The van der Waals surface area contributed by atoms with Crippen LogP contribution in [0, 0.1) is 0 Å². The van der Waals surface area contributed by atoms with Gasteiger partial charge in [0.05, 0.1) is 11.7 Å². The van der Waals surface area contributed by atoms with Gasteiger partial charge in [-0.25, -0.2) is 0 Å². The number of rotatable bonds is 1. The lowest BCUT2D eigenvalue weighted by Crippen LogP contribution is -2.34. The summed E-state index contributed by atoms with van der Waals surface area (Å²) in [5.74, 6) is 0. The van der Waals surface area contributed by atoms with E-state index in [4.69, 9.17) is 4.74 Å². The number of hydrogen-bond donors (Lipinski definition) is 1. The highest BCUT2D eigenvalue weighted by molar-refractivity contribution is 4.80. The largest absolute Gasteiger partial charge is 0.388 e. The van der Waals surface area contributed by atoms with E-state index in [0.717, 1.165) is 19.4 Å². The first-order valence-corrected chi connectivity index (χ1v) is 3.44. The SMILES string of the molecule is CC(C)(O)C1CCCO1. The lowest BCUT2D eigenvalue weighted by molar-refractivity contribution is -0.0599. The van der Waals surface area contributed by atoms with Gasteiger partial charge < -0.3 is 9.84 Å². The van der Waals surface area contributed by atoms with Crippen LogP contribution in [0.2, 0.25) is 0 Å². The molecule has 2 nitrogen and oxygen atoms in total. The summed E-state index contributed by atoms with van der Waals surface area (Å²) in [7, 11) is 0. The Balaban J connectivity index is 2.42. The van der Waals surface area contributed by atoms with Crippen molar-refractivity contribution in [1.29, 1.82) is 0 Å². The molecule has 1 atom stereocenters. The van der Waals surface area contributed by atoms with Gasteiger partial charge in [0.2, 0.25) is 0 Å². The molecule has 1 N–H and O–H groups in total. The second kappa shape index (κ2) is 2.27. The molecular weight excluding hydrogens is 116 g/mol. The van der Waals surface area contributed by atoms with Crippen LogP contribution in [0.25, 0.3) is 0 Å². The lowest BCUT2D eigenvalue weighted by atomic mass is 10.00. The van der Waals surface area contributed by atoms with Gasteiger partial charge in [0.1, 0.15) is 0 Å². The Bertz CT molecular complexity index is 87.6.